The van der Waals surface area contributed by atoms with Crippen molar-refractivity contribution in [3.8, 4) is 11.4 Å². The highest BCUT2D eigenvalue weighted by atomic mass is 16.5. The lowest BCUT2D eigenvalue weighted by molar-refractivity contribution is 0.0763. The highest BCUT2D eigenvalue weighted by Gasteiger charge is 2.17. The van der Waals surface area contributed by atoms with E-state index in [-0.39, 0.29) is 5.91 Å². The molecule has 2 heterocycles. The molecule has 1 aliphatic heterocycles. The molecule has 2 aromatic rings. The number of carbonyl (C=O) groups is 1. The van der Waals surface area contributed by atoms with E-state index < -0.39 is 0 Å². The van der Waals surface area contributed by atoms with E-state index in [9.17, 15) is 4.79 Å². The fourth-order valence-electron chi connectivity index (χ4n) is 3.31. The number of amides is 1. The van der Waals surface area contributed by atoms with E-state index in [0.717, 1.165) is 56.0 Å². The van der Waals surface area contributed by atoms with Crippen LogP contribution < -0.4 is 0 Å². The molecule has 0 saturated carbocycles. The molecule has 1 amide bonds. The maximum absolute atomic E-state index is 12.7. The summed E-state index contributed by atoms with van der Waals surface area (Å²) in [7, 11) is 3.72. The van der Waals surface area contributed by atoms with Crippen LogP contribution in [0.1, 0.15) is 41.9 Å². The molecule has 0 spiro atoms. The van der Waals surface area contributed by atoms with Gasteiger partial charge in [0.15, 0.2) is 5.82 Å². The van der Waals surface area contributed by atoms with Crippen LogP contribution in [0.2, 0.25) is 0 Å². The van der Waals surface area contributed by atoms with Crippen molar-refractivity contribution in [3.05, 3.63) is 35.7 Å². The minimum absolute atomic E-state index is 0.0353. The van der Waals surface area contributed by atoms with Gasteiger partial charge in [0.25, 0.3) is 5.91 Å². The van der Waals surface area contributed by atoms with E-state index in [1.54, 1.807) is 9.58 Å². The van der Waals surface area contributed by atoms with Gasteiger partial charge < -0.3 is 9.64 Å². The van der Waals surface area contributed by atoms with Crippen molar-refractivity contribution < 1.29 is 9.53 Å². The standard InChI is InChI=1S/C19H26N4O2/c1-14-20-18(23(3)21-14)15-7-4-8-16(13-15)19(24)22(2)11-5-9-17-10-6-12-25-17/h4,7-8,13,17H,5-6,9-12H2,1-3H3. The van der Waals surface area contributed by atoms with Gasteiger partial charge in [-0.2, -0.15) is 5.10 Å². The number of carbonyl (C=O) groups excluding carboxylic acids is 1. The van der Waals surface area contributed by atoms with E-state index in [0.29, 0.717) is 11.7 Å². The second-order valence-electron chi connectivity index (χ2n) is 6.69. The van der Waals surface area contributed by atoms with Crippen LogP contribution >= 0.6 is 0 Å². The number of aromatic nitrogens is 3. The van der Waals surface area contributed by atoms with E-state index >= 15 is 0 Å². The predicted molar refractivity (Wildman–Crippen MR) is 96.3 cm³/mol. The molecule has 1 aliphatic rings. The minimum Gasteiger partial charge on any atom is -0.378 e. The third-order valence-corrected chi connectivity index (χ3v) is 4.63. The Kier molecular flexibility index (Phi) is 5.48. The van der Waals surface area contributed by atoms with Crippen LogP contribution in [0.25, 0.3) is 11.4 Å². The molecular formula is C19H26N4O2. The molecule has 6 heteroatoms. The predicted octanol–water partition coefficient (Wildman–Crippen LogP) is 2.82. The van der Waals surface area contributed by atoms with Gasteiger partial charge in [-0.15, -0.1) is 0 Å². The van der Waals surface area contributed by atoms with Gasteiger partial charge >= 0.3 is 0 Å². The van der Waals surface area contributed by atoms with Gasteiger partial charge in [0.2, 0.25) is 0 Å². The summed E-state index contributed by atoms with van der Waals surface area (Å²) in [5, 5.41) is 4.27. The molecule has 1 aromatic carbocycles. The number of hydrogen-bond donors (Lipinski definition) is 0. The van der Waals surface area contributed by atoms with Gasteiger partial charge in [-0.05, 0) is 44.7 Å². The summed E-state index contributed by atoms with van der Waals surface area (Å²) in [6, 6.07) is 7.60. The summed E-state index contributed by atoms with van der Waals surface area (Å²) in [6.07, 6.45) is 4.68. The molecule has 1 fully saturated rings. The molecule has 3 rings (SSSR count). The average molecular weight is 342 g/mol. The van der Waals surface area contributed by atoms with Crippen molar-refractivity contribution in [2.24, 2.45) is 7.05 Å². The third-order valence-electron chi connectivity index (χ3n) is 4.63. The minimum atomic E-state index is 0.0353. The second kappa shape index (κ2) is 7.78. The van der Waals surface area contributed by atoms with Crippen molar-refractivity contribution in [2.75, 3.05) is 20.2 Å². The van der Waals surface area contributed by atoms with Crippen LogP contribution in [0.15, 0.2) is 24.3 Å². The van der Waals surface area contributed by atoms with Gasteiger partial charge in [0.1, 0.15) is 5.82 Å². The summed E-state index contributed by atoms with van der Waals surface area (Å²) in [5.74, 6) is 1.53. The van der Waals surface area contributed by atoms with Crippen LogP contribution in [0.3, 0.4) is 0 Å². The SMILES string of the molecule is Cc1nc(-c2cccc(C(=O)N(C)CCCC3CCCO3)c2)n(C)n1. The van der Waals surface area contributed by atoms with Gasteiger partial charge in [0.05, 0.1) is 6.10 Å². The zero-order valence-corrected chi connectivity index (χ0v) is 15.2. The zero-order valence-electron chi connectivity index (χ0n) is 15.2. The van der Waals surface area contributed by atoms with Crippen molar-refractivity contribution >= 4 is 5.91 Å². The Bertz CT molecular complexity index is 735. The lowest BCUT2D eigenvalue weighted by Gasteiger charge is -2.18. The number of hydrogen-bond acceptors (Lipinski definition) is 4. The van der Waals surface area contributed by atoms with E-state index in [1.165, 1.54) is 0 Å². The zero-order chi connectivity index (χ0) is 17.8. The van der Waals surface area contributed by atoms with Gasteiger partial charge in [-0.3, -0.25) is 4.79 Å². The Labute approximate surface area is 148 Å². The normalized spacial score (nSPS) is 17.0. The maximum atomic E-state index is 12.7. The van der Waals surface area contributed by atoms with Gasteiger partial charge in [-0.1, -0.05) is 12.1 Å². The molecule has 0 N–H and O–H groups in total. The molecule has 0 aliphatic carbocycles. The maximum Gasteiger partial charge on any atom is 0.253 e. The molecule has 0 radical (unpaired) electrons. The first-order valence-corrected chi connectivity index (χ1v) is 8.90. The first-order chi connectivity index (χ1) is 12.0. The monoisotopic (exact) mass is 342 g/mol. The molecule has 25 heavy (non-hydrogen) atoms. The Balaban J connectivity index is 1.63. The molecule has 1 saturated heterocycles. The fraction of sp³-hybridized carbons (Fsp3) is 0.526. The van der Waals surface area contributed by atoms with E-state index in [1.807, 2.05) is 45.3 Å². The number of rotatable bonds is 6. The summed E-state index contributed by atoms with van der Waals surface area (Å²) in [4.78, 5) is 18.9. The Hall–Kier alpha value is -2.21. The van der Waals surface area contributed by atoms with Crippen LogP contribution in [-0.2, 0) is 11.8 Å². The summed E-state index contributed by atoms with van der Waals surface area (Å²) < 4.78 is 7.38. The molecule has 1 aromatic heterocycles. The second-order valence-corrected chi connectivity index (χ2v) is 6.69. The molecular weight excluding hydrogens is 316 g/mol. The number of nitrogens with zero attached hydrogens (tertiary/aromatic N) is 4. The lowest BCUT2D eigenvalue weighted by atomic mass is 10.1. The van der Waals surface area contributed by atoms with Crippen LogP contribution in [0, 0.1) is 6.92 Å². The highest BCUT2D eigenvalue weighted by Crippen LogP contribution is 2.20. The summed E-state index contributed by atoms with van der Waals surface area (Å²) in [6.45, 7) is 3.49. The Morgan fingerprint density at radius 3 is 2.96 bits per heavy atom. The van der Waals surface area contributed by atoms with Crippen molar-refractivity contribution in [3.63, 3.8) is 0 Å². The van der Waals surface area contributed by atoms with E-state index in [4.69, 9.17) is 4.74 Å². The van der Waals surface area contributed by atoms with Crippen molar-refractivity contribution in [2.45, 2.75) is 38.7 Å². The molecule has 1 unspecified atom stereocenters. The third kappa shape index (κ3) is 4.25. The Morgan fingerprint density at radius 2 is 2.28 bits per heavy atom. The number of ether oxygens (including phenoxy) is 1. The van der Waals surface area contributed by atoms with Crippen LogP contribution in [0.5, 0.6) is 0 Å². The topological polar surface area (TPSA) is 60.3 Å². The number of benzene rings is 1. The molecule has 134 valence electrons. The quantitative estimate of drug-likeness (QED) is 0.810. The Morgan fingerprint density at radius 1 is 1.44 bits per heavy atom. The average Bonchev–Trinajstić information content (AvgIpc) is 3.23. The molecule has 6 nitrogen and oxygen atoms in total. The summed E-state index contributed by atoms with van der Waals surface area (Å²) >= 11 is 0. The number of aryl methyl sites for hydroxylation is 2. The van der Waals surface area contributed by atoms with E-state index in [2.05, 4.69) is 10.1 Å². The molecule has 0 bridgehead atoms. The highest BCUT2D eigenvalue weighted by molar-refractivity contribution is 5.95. The molecule has 1 atom stereocenters. The lowest BCUT2D eigenvalue weighted by Crippen LogP contribution is -2.28. The fourth-order valence-corrected chi connectivity index (χ4v) is 3.31. The van der Waals surface area contributed by atoms with Gasteiger partial charge in [-0.25, -0.2) is 9.67 Å². The van der Waals surface area contributed by atoms with Crippen LogP contribution in [0.4, 0.5) is 0 Å². The largest absolute Gasteiger partial charge is 0.378 e. The summed E-state index contributed by atoms with van der Waals surface area (Å²) in [5.41, 5.74) is 1.58. The van der Waals surface area contributed by atoms with Gasteiger partial charge in [0, 0.05) is 38.4 Å². The smallest absolute Gasteiger partial charge is 0.253 e. The first kappa shape index (κ1) is 17.6. The van der Waals surface area contributed by atoms with Crippen LogP contribution in [-0.4, -0.2) is 51.9 Å². The van der Waals surface area contributed by atoms with Crippen molar-refractivity contribution in [1.82, 2.24) is 19.7 Å². The van der Waals surface area contributed by atoms with Crippen molar-refractivity contribution in [1.29, 1.82) is 0 Å². The first-order valence-electron chi connectivity index (χ1n) is 8.90.